The van der Waals surface area contributed by atoms with Crippen LogP contribution < -0.4 is 5.32 Å². The molecule has 0 aromatic carbocycles. The molecule has 0 heterocycles. The molecule has 0 aromatic rings. The molecule has 0 saturated heterocycles. The summed E-state index contributed by atoms with van der Waals surface area (Å²) in [6.07, 6.45) is 2.12. The van der Waals surface area contributed by atoms with Gasteiger partial charge < -0.3 is 5.32 Å². The molecule has 0 radical (unpaired) electrons. The van der Waals surface area contributed by atoms with Crippen LogP contribution in [-0.2, 0) is 4.79 Å². The predicted molar refractivity (Wildman–Crippen MR) is 56.8 cm³/mol. The van der Waals surface area contributed by atoms with Gasteiger partial charge >= 0.3 is 0 Å². The first-order chi connectivity index (χ1) is 6.13. The zero-order valence-electron chi connectivity index (χ0n) is 9.39. The van der Waals surface area contributed by atoms with E-state index in [2.05, 4.69) is 19.2 Å². The Kier molecular flexibility index (Phi) is 6.87. The average Bonchev–Trinajstić information content (AvgIpc) is 2.13. The molecule has 0 saturated carbocycles. The molecule has 0 fully saturated rings. The SMILES string of the molecule is CCCC(C)C(=O)C(C)CNCC. The van der Waals surface area contributed by atoms with Crippen molar-refractivity contribution in [3.63, 3.8) is 0 Å². The van der Waals surface area contributed by atoms with Crippen molar-refractivity contribution in [3.8, 4) is 0 Å². The van der Waals surface area contributed by atoms with Crippen molar-refractivity contribution in [3.05, 3.63) is 0 Å². The third-order valence-electron chi connectivity index (χ3n) is 2.39. The molecule has 2 nitrogen and oxygen atoms in total. The highest BCUT2D eigenvalue weighted by Crippen LogP contribution is 2.11. The summed E-state index contributed by atoms with van der Waals surface area (Å²) in [5.41, 5.74) is 0. The summed E-state index contributed by atoms with van der Waals surface area (Å²) in [7, 11) is 0. The monoisotopic (exact) mass is 185 g/mol. The first-order valence-corrected chi connectivity index (χ1v) is 5.37. The van der Waals surface area contributed by atoms with E-state index < -0.39 is 0 Å². The van der Waals surface area contributed by atoms with Crippen molar-refractivity contribution in [1.29, 1.82) is 0 Å². The van der Waals surface area contributed by atoms with Gasteiger partial charge in [-0.2, -0.15) is 0 Å². The fourth-order valence-corrected chi connectivity index (χ4v) is 1.52. The minimum atomic E-state index is 0.168. The molecular weight excluding hydrogens is 162 g/mol. The summed E-state index contributed by atoms with van der Waals surface area (Å²) >= 11 is 0. The lowest BCUT2D eigenvalue weighted by molar-refractivity contribution is -0.125. The molecule has 13 heavy (non-hydrogen) atoms. The van der Waals surface area contributed by atoms with Crippen LogP contribution in [0.1, 0.15) is 40.5 Å². The Morgan fingerprint density at radius 2 is 1.85 bits per heavy atom. The van der Waals surface area contributed by atoms with Gasteiger partial charge in [0.05, 0.1) is 0 Å². The Hall–Kier alpha value is -0.370. The van der Waals surface area contributed by atoms with Crippen molar-refractivity contribution in [1.82, 2.24) is 5.32 Å². The molecule has 0 rings (SSSR count). The molecule has 1 N–H and O–H groups in total. The van der Waals surface area contributed by atoms with Gasteiger partial charge in [-0.15, -0.1) is 0 Å². The van der Waals surface area contributed by atoms with Gasteiger partial charge in [-0.3, -0.25) is 4.79 Å². The van der Waals surface area contributed by atoms with E-state index in [1.807, 2.05) is 13.8 Å². The van der Waals surface area contributed by atoms with E-state index in [1.165, 1.54) is 0 Å². The highest BCUT2D eigenvalue weighted by atomic mass is 16.1. The van der Waals surface area contributed by atoms with Crippen LogP contribution in [0.4, 0.5) is 0 Å². The average molecular weight is 185 g/mol. The Balaban J connectivity index is 3.79. The molecule has 78 valence electrons. The molecule has 0 aliphatic heterocycles. The lowest BCUT2D eigenvalue weighted by Crippen LogP contribution is -2.29. The molecule has 0 aromatic heterocycles. The van der Waals surface area contributed by atoms with Crippen LogP contribution in [0.3, 0.4) is 0 Å². The number of carbonyl (C=O) groups excluding carboxylic acids is 1. The van der Waals surface area contributed by atoms with Crippen LogP contribution in [0, 0.1) is 11.8 Å². The number of hydrogen-bond acceptors (Lipinski definition) is 2. The van der Waals surface area contributed by atoms with Gasteiger partial charge in [-0.1, -0.05) is 34.1 Å². The third kappa shape index (κ3) is 5.04. The Morgan fingerprint density at radius 3 is 2.31 bits per heavy atom. The number of ketones is 1. The van der Waals surface area contributed by atoms with Gasteiger partial charge in [0.1, 0.15) is 5.78 Å². The molecule has 0 spiro atoms. The lowest BCUT2D eigenvalue weighted by atomic mass is 9.92. The second-order valence-electron chi connectivity index (χ2n) is 3.80. The van der Waals surface area contributed by atoms with E-state index in [1.54, 1.807) is 0 Å². The van der Waals surface area contributed by atoms with Gasteiger partial charge in [-0.05, 0) is 13.0 Å². The highest BCUT2D eigenvalue weighted by Gasteiger charge is 2.18. The number of rotatable bonds is 7. The van der Waals surface area contributed by atoms with Gasteiger partial charge in [-0.25, -0.2) is 0 Å². The normalized spacial score (nSPS) is 15.4. The summed E-state index contributed by atoms with van der Waals surface area (Å²) in [5.74, 6) is 0.808. The molecular formula is C11H23NO. The Labute approximate surface area is 82.1 Å². The fourth-order valence-electron chi connectivity index (χ4n) is 1.52. The maximum Gasteiger partial charge on any atom is 0.139 e. The maximum absolute atomic E-state index is 11.7. The van der Waals surface area contributed by atoms with Crippen molar-refractivity contribution < 1.29 is 4.79 Å². The topological polar surface area (TPSA) is 29.1 Å². The zero-order valence-corrected chi connectivity index (χ0v) is 9.39. The molecule has 2 heteroatoms. The number of hydrogen-bond donors (Lipinski definition) is 1. The van der Waals surface area contributed by atoms with Crippen LogP contribution in [0.25, 0.3) is 0 Å². The molecule has 0 bridgehead atoms. The second kappa shape index (κ2) is 7.07. The Bertz CT molecular complexity index is 145. The first kappa shape index (κ1) is 12.6. The molecule has 0 amide bonds. The van der Waals surface area contributed by atoms with Crippen LogP contribution in [0.15, 0.2) is 0 Å². The molecule has 2 unspecified atom stereocenters. The van der Waals surface area contributed by atoms with Crippen molar-refractivity contribution in [2.45, 2.75) is 40.5 Å². The van der Waals surface area contributed by atoms with E-state index in [-0.39, 0.29) is 11.8 Å². The second-order valence-corrected chi connectivity index (χ2v) is 3.80. The van der Waals surface area contributed by atoms with Crippen LogP contribution in [-0.4, -0.2) is 18.9 Å². The number of Topliss-reactive ketones (excluding diaryl/α,β-unsaturated/α-hetero) is 1. The van der Waals surface area contributed by atoms with Crippen molar-refractivity contribution in [2.75, 3.05) is 13.1 Å². The summed E-state index contributed by atoms with van der Waals surface area (Å²) < 4.78 is 0. The standard InChI is InChI=1S/C11H23NO/c1-5-7-9(3)11(13)10(4)8-12-6-2/h9-10,12H,5-8H2,1-4H3. The summed E-state index contributed by atoms with van der Waals surface area (Å²) in [4.78, 5) is 11.7. The highest BCUT2D eigenvalue weighted by molar-refractivity contribution is 5.82. The van der Waals surface area contributed by atoms with E-state index in [0.29, 0.717) is 5.78 Å². The van der Waals surface area contributed by atoms with Crippen LogP contribution in [0.2, 0.25) is 0 Å². The summed E-state index contributed by atoms with van der Waals surface area (Å²) in [5, 5.41) is 3.21. The number of nitrogens with one attached hydrogen (secondary N) is 1. The smallest absolute Gasteiger partial charge is 0.139 e. The Morgan fingerprint density at radius 1 is 1.23 bits per heavy atom. The molecule has 0 aliphatic rings. The largest absolute Gasteiger partial charge is 0.316 e. The zero-order chi connectivity index (χ0) is 10.3. The fraction of sp³-hybridized carbons (Fsp3) is 0.909. The van der Waals surface area contributed by atoms with Crippen molar-refractivity contribution >= 4 is 5.78 Å². The maximum atomic E-state index is 11.7. The first-order valence-electron chi connectivity index (χ1n) is 5.37. The molecule has 2 atom stereocenters. The third-order valence-corrected chi connectivity index (χ3v) is 2.39. The number of carbonyl (C=O) groups is 1. The quantitative estimate of drug-likeness (QED) is 0.659. The summed E-state index contributed by atoms with van der Waals surface area (Å²) in [6.45, 7) is 10.0. The van der Waals surface area contributed by atoms with E-state index in [0.717, 1.165) is 25.9 Å². The summed E-state index contributed by atoms with van der Waals surface area (Å²) in [6, 6.07) is 0. The van der Waals surface area contributed by atoms with Crippen LogP contribution in [0.5, 0.6) is 0 Å². The van der Waals surface area contributed by atoms with Crippen molar-refractivity contribution in [2.24, 2.45) is 11.8 Å². The molecule has 0 aliphatic carbocycles. The minimum absolute atomic E-state index is 0.168. The van der Waals surface area contributed by atoms with E-state index in [9.17, 15) is 4.79 Å². The van der Waals surface area contributed by atoms with Crippen LogP contribution >= 0.6 is 0 Å². The lowest BCUT2D eigenvalue weighted by Gasteiger charge is -2.15. The van der Waals surface area contributed by atoms with Gasteiger partial charge in [0.25, 0.3) is 0 Å². The predicted octanol–water partition coefficient (Wildman–Crippen LogP) is 2.24. The van der Waals surface area contributed by atoms with Gasteiger partial charge in [0, 0.05) is 18.4 Å². The van der Waals surface area contributed by atoms with Gasteiger partial charge in [0.2, 0.25) is 0 Å². The van der Waals surface area contributed by atoms with E-state index in [4.69, 9.17) is 0 Å². The van der Waals surface area contributed by atoms with Gasteiger partial charge in [0.15, 0.2) is 0 Å². The van der Waals surface area contributed by atoms with E-state index >= 15 is 0 Å². The minimum Gasteiger partial charge on any atom is -0.316 e.